The first kappa shape index (κ1) is 11.9. The van der Waals surface area contributed by atoms with Crippen LogP contribution >= 0.6 is 0 Å². The Bertz CT molecular complexity index is 389. The van der Waals surface area contributed by atoms with Crippen molar-refractivity contribution < 1.29 is 9.66 Å². The Balaban J connectivity index is 1.89. The van der Waals surface area contributed by atoms with Gasteiger partial charge in [-0.1, -0.05) is 6.07 Å². The summed E-state index contributed by atoms with van der Waals surface area (Å²) >= 11 is 0. The third-order valence-corrected chi connectivity index (χ3v) is 2.91. The van der Waals surface area contributed by atoms with E-state index in [4.69, 9.17) is 4.74 Å². The maximum atomic E-state index is 10.6. The van der Waals surface area contributed by atoms with Crippen molar-refractivity contribution in [1.82, 2.24) is 5.32 Å². The molecule has 1 heterocycles. The lowest BCUT2D eigenvalue weighted by Gasteiger charge is -2.22. The monoisotopic (exact) mass is 236 g/mol. The molecule has 1 aromatic carbocycles. The zero-order valence-corrected chi connectivity index (χ0v) is 9.59. The molecular weight excluding hydrogens is 220 g/mol. The molecule has 2 rings (SSSR count). The van der Waals surface area contributed by atoms with E-state index in [-0.39, 0.29) is 5.69 Å². The molecule has 1 saturated heterocycles. The second kappa shape index (κ2) is 5.63. The van der Waals surface area contributed by atoms with E-state index in [0.717, 1.165) is 19.5 Å². The van der Waals surface area contributed by atoms with Gasteiger partial charge < -0.3 is 10.1 Å². The van der Waals surface area contributed by atoms with Gasteiger partial charge in [0.15, 0.2) is 0 Å². The van der Waals surface area contributed by atoms with Gasteiger partial charge in [0.05, 0.1) is 17.6 Å². The summed E-state index contributed by atoms with van der Waals surface area (Å²) in [5.41, 5.74) is 0.0734. The van der Waals surface area contributed by atoms with Crippen LogP contribution in [-0.4, -0.2) is 24.6 Å². The fourth-order valence-corrected chi connectivity index (χ4v) is 1.97. The van der Waals surface area contributed by atoms with Crippen LogP contribution in [-0.2, 0) is 0 Å². The zero-order valence-electron chi connectivity index (χ0n) is 9.59. The molecule has 1 aliphatic heterocycles. The van der Waals surface area contributed by atoms with Crippen molar-refractivity contribution in [3.63, 3.8) is 0 Å². The molecular formula is C12H16N2O3. The lowest BCUT2D eigenvalue weighted by atomic mass is 10.0. The Hall–Kier alpha value is -1.62. The number of nitro groups is 1. The third-order valence-electron chi connectivity index (χ3n) is 2.91. The van der Waals surface area contributed by atoms with Crippen molar-refractivity contribution in [3.8, 4) is 5.75 Å². The minimum Gasteiger partial charge on any atom is -0.493 e. The average molecular weight is 236 g/mol. The standard InChI is InChI=1S/C12H16N2O3/c15-14(16)11-4-1-5-12(7-11)17-9-10-3-2-6-13-8-10/h1,4-5,7,10,13H,2-3,6,8-9H2/t10-/m1/s1. The van der Waals surface area contributed by atoms with Crippen LogP contribution in [0.2, 0.25) is 0 Å². The maximum absolute atomic E-state index is 10.6. The Kier molecular flexibility index (Phi) is 3.93. The topological polar surface area (TPSA) is 64.4 Å². The summed E-state index contributed by atoms with van der Waals surface area (Å²) in [6.07, 6.45) is 2.32. The van der Waals surface area contributed by atoms with Crippen molar-refractivity contribution in [2.24, 2.45) is 5.92 Å². The van der Waals surface area contributed by atoms with Crippen LogP contribution in [0.3, 0.4) is 0 Å². The van der Waals surface area contributed by atoms with Gasteiger partial charge in [-0.15, -0.1) is 0 Å². The Labute approximate surface area is 99.9 Å². The number of benzene rings is 1. The molecule has 1 N–H and O–H groups in total. The van der Waals surface area contributed by atoms with Crippen molar-refractivity contribution in [2.75, 3.05) is 19.7 Å². The minimum absolute atomic E-state index is 0.0734. The molecule has 0 radical (unpaired) electrons. The molecule has 0 aliphatic carbocycles. The van der Waals surface area contributed by atoms with Gasteiger partial charge in [-0.2, -0.15) is 0 Å². The maximum Gasteiger partial charge on any atom is 0.273 e. The largest absolute Gasteiger partial charge is 0.493 e. The number of non-ortho nitro benzene ring substituents is 1. The summed E-state index contributed by atoms with van der Waals surface area (Å²) in [4.78, 5) is 10.2. The fourth-order valence-electron chi connectivity index (χ4n) is 1.97. The first-order valence-electron chi connectivity index (χ1n) is 5.83. The highest BCUT2D eigenvalue weighted by Crippen LogP contribution is 2.20. The molecule has 1 aromatic rings. The average Bonchev–Trinajstić information content (AvgIpc) is 2.38. The molecule has 0 aromatic heterocycles. The second-order valence-corrected chi connectivity index (χ2v) is 4.28. The highest BCUT2D eigenvalue weighted by molar-refractivity contribution is 5.37. The van der Waals surface area contributed by atoms with E-state index in [1.54, 1.807) is 12.1 Å². The molecule has 92 valence electrons. The third kappa shape index (κ3) is 3.42. The van der Waals surface area contributed by atoms with E-state index in [9.17, 15) is 10.1 Å². The molecule has 0 amide bonds. The molecule has 1 fully saturated rings. The Morgan fingerprint density at radius 3 is 3.12 bits per heavy atom. The number of piperidine rings is 1. The van der Waals surface area contributed by atoms with Gasteiger partial charge in [-0.25, -0.2) is 0 Å². The van der Waals surface area contributed by atoms with Crippen LogP contribution in [0.25, 0.3) is 0 Å². The van der Waals surface area contributed by atoms with Crippen LogP contribution in [0.5, 0.6) is 5.75 Å². The summed E-state index contributed by atoms with van der Waals surface area (Å²) < 4.78 is 5.59. The van der Waals surface area contributed by atoms with Gasteiger partial charge in [-0.05, 0) is 25.5 Å². The first-order chi connectivity index (χ1) is 8.25. The van der Waals surface area contributed by atoms with Crippen molar-refractivity contribution in [3.05, 3.63) is 34.4 Å². The van der Waals surface area contributed by atoms with Crippen LogP contribution in [0.4, 0.5) is 5.69 Å². The van der Waals surface area contributed by atoms with Crippen molar-refractivity contribution >= 4 is 5.69 Å². The fraction of sp³-hybridized carbons (Fsp3) is 0.500. The van der Waals surface area contributed by atoms with Gasteiger partial charge in [0.1, 0.15) is 5.75 Å². The van der Waals surface area contributed by atoms with E-state index < -0.39 is 4.92 Å². The number of ether oxygens (including phenoxy) is 1. The Morgan fingerprint density at radius 2 is 2.41 bits per heavy atom. The number of nitro benzene ring substituents is 1. The molecule has 17 heavy (non-hydrogen) atoms. The predicted octanol–water partition coefficient (Wildman–Crippen LogP) is 1.97. The highest BCUT2D eigenvalue weighted by Gasteiger charge is 2.14. The first-order valence-corrected chi connectivity index (χ1v) is 5.83. The molecule has 0 spiro atoms. The summed E-state index contributed by atoms with van der Waals surface area (Å²) in [5.74, 6) is 1.08. The van der Waals surface area contributed by atoms with Crippen LogP contribution in [0, 0.1) is 16.0 Å². The van der Waals surface area contributed by atoms with Crippen LogP contribution in [0.15, 0.2) is 24.3 Å². The molecule has 5 nitrogen and oxygen atoms in total. The highest BCUT2D eigenvalue weighted by atomic mass is 16.6. The van der Waals surface area contributed by atoms with Crippen molar-refractivity contribution in [2.45, 2.75) is 12.8 Å². The molecule has 0 bridgehead atoms. The second-order valence-electron chi connectivity index (χ2n) is 4.28. The van der Waals surface area contributed by atoms with Gasteiger partial charge in [0.25, 0.3) is 5.69 Å². The number of nitrogens with one attached hydrogen (secondary N) is 1. The molecule has 1 aliphatic rings. The van der Waals surface area contributed by atoms with Gasteiger partial charge >= 0.3 is 0 Å². The molecule has 5 heteroatoms. The van der Waals surface area contributed by atoms with Gasteiger partial charge in [0.2, 0.25) is 0 Å². The zero-order chi connectivity index (χ0) is 12.1. The SMILES string of the molecule is O=[N+]([O-])c1cccc(OC[C@@H]2CCCNC2)c1. The van der Waals surface area contributed by atoms with Crippen LogP contribution in [0.1, 0.15) is 12.8 Å². The summed E-state index contributed by atoms with van der Waals surface area (Å²) in [7, 11) is 0. The van der Waals surface area contributed by atoms with E-state index in [1.165, 1.54) is 18.6 Å². The van der Waals surface area contributed by atoms with Crippen LogP contribution < -0.4 is 10.1 Å². The molecule has 1 atom stereocenters. The summed E-state index contributed by atoms with van der Waals surface area (Å²) in [6, 6.07) is 6.33. The lowest BCUT2D eigenvalue weighted by molar-refractivity contribution is -0.384. The number of rotatable bonds is 4. The van der Waals surface area contributed by atoms with E-state index in [0.29, 0.717) is 18.3 Å². The molecule has 0 saturated carbocycles. The minimum atomic E-state index is -0.408. The smallest absolute Gasteiger partial charge is 0.273 e. The summed E-state index contributed by atoms with van der Waals surface area (Å²) in [5, 5.41) is 13.9. The van der Waals surface area contributed by atoms with E-state index in [1.807, 2.05) is 0 Å². The van der Waals surface area contributed by atoms with E-state index in [2.05, 4.69) is 5.32 Å². The normalized spacial score (nSPS) is 19.9. The number of hydrogen-bond acceptors (Lipinski definition) is 4. The number of nitrogens with zero attached hydrogens (tertiary/aromatic N) is 1. The summed E-state index contributed by atoms with van der Waals surface area (Å²) in [6.45, 7) is 2.66. The predicted molar refractivity (Wildman–Crippen MR) is 64.2 cm³/mol. The van der Waals surface area contributed by atoms with Gasteiger partial charge in [-0.3, -0.25) is 10.1 Å². The molecule has 0 unspecified atom stereocenters. The Morgan fingerprint density at radius 1 is 1.53 bits per heavy atom. The van der Waals surface area contributed by atoms with Crippen molar-refractivity contribution in [1.29, 1.82) is 0 Å². The number of hydrogen-bond donors (Lipinski definition) is 1. The quantitative estimate of drug-likeness (QED) is 0.641. The lowest BCUT2D eigenvalue weighted by Crippen LogP contribution is -2.33. The van der Waals surface area contributed by atoms with E-state index >= 15 is 0 Å². The van der Waals surface area contributed by atoms with Gasteiger partial charge in [0, 0.05) is 18.5 Å².